The van der Waals surface area contributed by atoms with Crippen molar-refractivity contribution in [2.24, 2.45) is 17.8 Å². The summed E-state index contributed by atoms with van der Waals surface area (Å²) in [5.74, 6) is -1.58. The Morgan fingerprint density at radius 1 is 1.02 bits per heavy atom. The number of phenolic OH excluding ortho intramolecular Hbond substituents is 1. The van der Waals surface area contributed by atoms with Gasteiger partial charge < -0.3 is 9.84 Å². The number of anilines is 1. The summed E-state index contributed by atoms with van der Waals surface area (Å²) >= 11 is 0. The monoisotopic (exact) mass is 564 g/mol. The van der Waals surface area contributed by atoms with E-state index in [1.165, 1.54) is 23.8 Å². The fourth-order valence-electron chi connectivity index (χ4n) is 6.82. The molecular weight excluding hydrogens is 532 g/mol. The van der Waals surface area contributed by atoms with Gasteiger partial charge in [-0.3, -0.25) is 19.7 Å². The summed E-state index contributed by atoms with van der Waals surface area (Å²) in [6.45, 7) is 2.45. The molecule has 2 amide bonds. The van der Waals surface area contributed by atoms with E-state index in [0.717, 1.165) is 46.4 Å². The van der Waals surface area contributed by atoms with Gasteiger partial charge in [-0.05, 0) is 66.2 Å². The van der Waals surface area contributed by atoms with E-state index in [-0.39, 0.29) is 41.0 Å². The highest BCUT2D eigenvalue weighted by atomic mass is 16.6. The van der Waals surface area contributed by atoms with E-state index in [9.17, 15) is 24.8 Å². The number of benzene rings is 3. The summed E-state index contributed by atoms with van der Waals surface area (Å²) < 4.78 is 6.38. The Morgan fingerprint density at radius 3 is 2.50 bits per heavy atom. The maximum absolute atomic E-state index is 13.8. The molecule has 214 valence electrons. The van der Waals surface area contributed by atoms with Crippen molar-refractivity contribution in [1.82, 2.24) is 0 Å². The number of imide groups is 1. The number of hydrogen-bond acceptors (Lipinski definition) is 6. The van der Waals surface area contributed by atoms with E-state index < -0.39 is 16.8 Å². The van der Waals surface area contributed by atoms with Crippen LogP contribution in [0, 0.1) is 27.9 Å². The summed E-state index contributed by atoms with van der Waals surface area (Å²) in [4.78, 5) is 39.3. The van der Waals surface area contributed by atoms with Crippen LogP contribution < -0.4 is 4.90 Å². The molecule has 42 heavy (non-hydrogen) atoms. The lowest BCUT2D eigenvalue weighted by Crippen LogP contribution is -2.34. The number of ether oxygens (including phenoxy) is 1. The number of allylic oxidation sites excluding steroid dienone is 2. The topological polar surface area (TPSA) is 110 Å². The third-order valence-electron chi connectivity index (χ3n) is 8.79. The van der Waals surface area contributed by atoms with Gasteiger partial charge in [0, 0.05) is 18.1 Å². The van der Waals surface area contributed by atoms with Gasteiger partial charge in [0.25, 0.3) is 5.69 Å². The van der Waals surface area contributed by atoms with Crippen LogP contribution in [-0.4, -0.2) is 34.6 Å². The van der Waals surface area contributed by atoms with E-state index in [4.69, 9.17) is 4.74 Å². The van der Waals surface area contributed by atoms with Gasteiger partial charge in [-0.15, -0.1) is 0 Å². The van der Waals surface area contributed by atoms with Crippen molar-refractivity contribution >= 4 is 34.8 Å². The second-order valence-corrected chi connectivity index (χ2v) is 11.1. The Labute approximate surface area is 244 Å². The Kier molecular flexibility index (Phi) is 7.47. The normalized spacial score (nSPS) is 23.7. The minimum Gasteiger partial charge on any atom is -0.508 e. The summed E-state index contributed by atoms with van der Waals surface area (Å²) in [6.07, 6.45) is 4.70. The molecule has 1 aliphatic carbocycles. The molecule has 1 N–H and O–H groups in total. The highest BCUT2D eigenvalue weighted by Gasteiger charge is 2.57. The molecule has 0 aromatic heterocycles. The van der Waals surface area contributed by atoms with Crippen LogP contribution in [0.2, 0.25) is 0 Å². The largest absolute Gasteiger partial charge is 0.508 e. The van der Waals surface area contributed by atoms with E-state index in [2.05, 4.69) is 25.1 Å². The van der Waals surface area contributed by atoms with E-state index >= 15 is 0 Å². The van der Waals surface area contributed by atoms with Crippen molar-refractivity contribution in [3.63, 3.8) is 0 Å². The zero-order valence-corrected chi connectivity index (χ0v) is 23.3. The highest BCUT2D eigenvalue weighted by molar-refractivity contribution is 6.22. The van der Waals surface area contributed by atoms with Crippen molar-refractivity contribution in [2.45, 2.75) is 38.7 Å². The lowest BCUT2D eigenvalue weighted by Gasteiger charge is -2.31. The van der Waals surface area contributed by atoms with Crippen LogP contribution in [0.5, 0.6) is 5.75 Å². The molecule has 2 fully saturated rings. The van der Waals surface area contributed by atoms with Crippen LogP contribution in [0.1, 0.15) is 43.7 Å². The molecule has 3 aliphatic rings. The van der Waals surface area contributed by atoms with Crippen molar-refractivity contribution in [2.75, 3.05) is 11.5 Å². The molecule has 8 nitrogen and oxygen atoms in total. The number of nitrogens with zero attached hydrogens (tertiary/aromatic N) is 2. The van der Waals surface area contributed by atoms with Crippen LogP contribution in [-0.2, 0) is 14.3 Å². The van der Waals surface area contributed by atoms with Crippen LogP contribution in [0.4, 0.5) is 11.4 Å². The lowest BCUT2D eigenvalue weighted by atomic mass is 9.69. The number of rotatable bonds is 8. The summed E-state index contributed by atoms with van der Waals surface area (Å²) in [5.41, 5.74) is 5.65. The Balaban J connectivity index is 1.26. The minimum atomic E-state index is -0.534. The number of carbonyl (C=O) groups is 2. The molecule has 3 aromatic rings. The molecule has 6 rings (SSSR count). The predicted octanol–water partition coefficient (Wildman–Crippen LogP) is 6.55. The molecule has 8 heteroatoms. The first-order chi connectivity index (χ1) is 20.4. The summed E-state index contributed by atoms with van der Waals surface area (Å²) in [7, 11) is 0. The van der Waals surface area contributed by atoms with E-state index in [1.54, 1.807) is 18.2 Å². The third-order valence-corrected chi connectivity index (χ3v) is 8.79. The first-order valence-corrected chi connectivity index (χ1v) is 14.4. The Hall–Kier alpha value is -4.56. The second kappa shape index (κ2) is 11.4. The number of aromatic hydroxyl groups is 1. The SMILES string of the molecule is CCC1=C2[C@@H](CC/C(=C/c3ccc(O)cc3)c3ccccc3)OC[C@@H]2[C@@H]2C(=O)N(c3cccc([N+](=O)[O-])c3)C(=O)[C@@H]2C1. The number of nitro benzene ring substituents is 1. The van der Waals surface area contributed by atoms with Gasteiger partial charge in [0.2, 0.25) is 11.8 Å². The first-order valence-electron chi connectivity index (χ1n) is 14.4. The zero-order valence-electron chi connectivity index (χ0n) is 23.3. The quantitative estimate of drug-likeness (QED) is 0.109. The van der Waals surface area contributed by atoms with Gasteiger partial charge in [0.1, 0.15) is 5.75 Å². The maximum atomic E-state index is 13.8. The second-order valence-electron chi connectivity index (χ2n) is 11.1. The van der Waals surface area contributed by atoms with Crippen molar-refractivity contribution in [1.29, 1.82) is 0 Å². The van der Waals surface area contributed by atoms with Gasteiger partial charge >= 0.3 is 0 Å². The van der Waals surface area contributed by atoms with Crippen LogP contribution in [0.25, 0.3) is 11.6 Å². The molecular formula is C34H32N2O6. The van der Waals surface area contributed by atoms with E-state index in [0.29, 0.717) is 13.0 Å². The molecule has 2 saturated heterocycles. The van der Waals surface area contributed by atoms with Gasteiger partial charge in [-0.1, -0.05) is 67.1 Å². The summed E-state index contributed by atoms with van der Waals surface area (Å²) in [5, 5.41) is 21.1. The smallest absolute Gasteiger partial charge is 0.271 e. The predicted molar refractivity (Wildman–Crippen MR) is 159 cm³/mol. The molecule has 2 heterocycles. The maximum Gasteiger partial charge on any atom is 0.271 e. The standard InChI is InChI=1S/C34H32N2O6/c1-2-22-18-28-32(34(39)35(33(28)38)25-9-6-10-26(19-25)36(40)41)29-20-42-30(31(22)29)16-13-24(23-7-4-3-5-8-23)17-21-11-14-27(37)15-12-21/h3-12,14-15,17,19,28-30,32,37H,2,13,16,18,20H2,1H3/b24-17-/t28-,29+,30-,32-/m1/s1. The van der Waals surface area contributed by atoms with Crippen LogP contribution >= 0.6 is 0 Å². The number of amides is 2. The molecule has 0 saturated carbocycles. The molecule has 2 aliphatic heterocycles. The van der Waals surface area contributed by atoms with Gasteiger partial charge in [0.15, 0.2) is 0 Å². The number of hydrogen-bond donors (Lipinski definition) is 1. The molecule has 0 radical (unpaired) electrons. The first kappa shape index (κ1) is 27.6. The Bertz CT molecular complexity index is 1590. The third kappa shape index (κ3) is 5.03. The van der Waals surface area contributed by atoms with E-state index in [1.807, 2.05) is 30.3 Å². The number of carbonyl (C=O) groups excluding carboxylic acids is 2. The van der Waals surface area contributed by atoms with Crippen LogP contribution in [0.15, 0.2) is 90.0 Å². The number of phenols is 1. The average molecular weight is 565 g/mol. The molecule has 0 bridgehead atoms. The summed E-state index contributed by atoms with van der Waals surface area (Å²) in [6, 6.07) is 23.0. The van der Waals surface area contributed by atoms with Crippen molar-refractivity contribution in [3.8, 4) is 5.75 Å². The number of fused-ring (bicyclic) bond motifs is 3. The zero-order chi connectivity index (χ0) is 29.4. The lowest BCUT2D eigenvalue weighted by molar-refractivity contribution is -0.384. The minimum absolute atomic E-state index is 0.158. The van der Waals surface area contributed by atoms with Crippen LogP contribution in [0.3, 0.4) is 0 Å². The molecule has 0 unspecified atom stereocenters. The number of nitro groups is 1. The fourth-order valence-corrected chi connectivity index (χ4v) is 6.82. The van der Waals surface area contributed by atoms with Crippen molar-refractivity contribution in [3.05, 3.63) is 111 Å². The average Bonchev–Trinajstić information content (AvgIpc) is 3.54. The highest BCUT2D eigenvalue weighted by Crippen LogP contribution is 2.51. The Morgan fingerprint density at radius 2 is 1.79 bits per heavy atom. The van der Waals surface area contributed by atoms with Gasteiger partial charge in [0.05, 0.1) is 35.2 Å². The number of non-ortho nitro benzene ring substituents is 1. The molecule has 4 atom stereocenters. The van der Waals surface area contributed by atoms with Gasteiger partial charge in [-0.2, -0.15) is 0 Å². The molecule has 0 spiro atoms. The van der Waals surface area contributed by atoms with Crippen molar-refractivity contribution < 1.29 is 24.4 Å². The molecule has 3 aromatic carbocycles. The fraction of sp³-hybridized carbons (Fsp3) is 0.294. The van der Waals surface area contributed by atoms with Gasteiger partial charge in [-0.25, -0.2) is 4.90 Å².